The van der Waals surface area contributed by atoms with Gasteiger partial charge in [-0.1, -0.05) is 19.8 Å². The fraction of sp³-hybridized carbons (Fsp3) is 1.00. The van der Waals surface area contributed by atoms with Gasteiger partial charge in [0.15, 0.2) is 0 Å². The van der Waals surface area contributed by atoms with Crippen LogP contribution in [0.15, 0.2) is 0 Å². The van der Waals surface area contributed by atoms with Crippen molar-refractivity contribution in [3.05, 3.63) is 0 Å². The van der Waals surface area contributed by atoms with Gasteiger partial charge in [-0.2, -0.15) is 0 Å². The first kappa shape index (κ1) is 15.9. The summed E-state index contributed by atoms with van der Waals surface area (Å²) in [6, 6.07) is 0.371. The lowest BCUT2D eigenvalue weighted by atomic mass is 9.91. The molecule has 3 nitrogen and oxygen atoms in total. The third-order valence-electron chi connectivity index (χ3n) is 3.84. The van der Waals surface area contributed by atoms with E-state index < -0.39 is 0 Å². The molecule has 3 unspecified atom stereocenters. The topological polar surface area (TPSA) is 35.5 Å². The Labute approximate surface area is 113 Å². The summed E-state index contributed by atoms with van der Waals surface area (Å²) in [5.41, 5.74) is 0.192. The average molecular weight is 256 g/mol. The molecule has 0 saturated heterocycles. The molecule has 3 heteroatoms. The van der Waals surface area contributed by atoms with Gasteiger partial charge in [0.25, 0.3) is 0 Å². The van der Waals surface area contributed by atoms with Crippen molar-refractivity contribution in [2.75, 3.05) is 20.1 Å². The highest BCUT2D eigenvalue weighted by molar-refractivity contribution is 4.82. The van der Waals surface area contributed by atoms with Crippen molar-refractivity contribution in [2.45, 2.75) is 71.1 Å². The second-order valence-corrected chi connectivity index (χ2v) is 7.09. The number of nitrogens with zero attached hydrogens (tertiary/aromatic N) is 1. The normalized spacial score (nSPS) is 27.5. The first-order chi connectivity index (χ1) is 8.29. The lowest BCUT2D eigenvalue weighted by Gasteiger charge is -2.37. The highest BCUT2D eigenvalue weighted by atomic mass is 16.3. The minimum atomic E-state index is -0.119. The first-order valence-electron chi connectivity index (χ1n) is 7.43. The van der Waals surface area contributed by atoms with Gasteiger partial charge in [-0.15, -0.1) is 0 Å². The standard InChI is InChI=1S/C15H32N2O/c1-12(10-16-15(2,3)4)11-17(5)13-8-6-7-9-14(13)18/h12-14,16,18H,6-11H2,1-5H3. The molecule has 1 saturated carbocycles. The largest absolute Gasteiger partial charge is 0.391 e. The molecule has 0 radical (unpaired) electrons. The van der Waals surface area contributed by atoms with Crippen LogP contribution in [0.4, 0.5) is 0 Å². The molecule has 0 amide bonds. The molecule has 2 N–H and O–H groups in total. The second-order valence-electron chi connectivity index (χ2n) is 7.09. The molecule has 0 aromatic carbocycles. The maximum absolute atomic E-state index is 10.1. The van der Waals surface area contributed by atoms with Crippen LogP contribution >= 0.6 is 0 Å². The summed E-state index contributed by atoms with van der Waals surface area (Å²) in [6.07, 6.45) is 4.46. The number of aliphatic hydroxyl groups excluding tert-OH is 1. The van der Waals surface area contributed by atoms with E-state index in [1.54, 1.807) is 0 Å². The Balaban J connectivity index is 2.32. The molecule has 0 bridgehead atoms. The van der Waals surface area contributed by atoms with Crippen LogP contribution < -0.4 is 5.32 Å². The van der Waals surface area contributed by atoms with E-state index in [-0.39, 0.29) is 11.6 Å². The van der Waals surface area contributed by atoms with Gasteiger partial charge in [0.05, 0.1) is 6.10 Å². The summed E-state index contributed by atoms with van der Waals surface area (Å²) in [4.78, 5) is 2.36. The molecule has 0 aromatic heterocycles. The van der Waals surface area contributed by atoms with Crippen molar-refractivity contribution >= 4 is 0 Å². The van der Waals surface area contributed by atoms with Crippen LogP contribution in [-0.4, -0.2) is 47.8 Å². The van der Waals surface area contributed by atoms with E-state index in [4.69, 9.17) is 0 Å². The van der Waals surface area contributed by atoms with Gasteiger partial charge < -0.3 is 15.3 Å². The zero-order chi connectivity index (χ0) is 13.8. The fourth-order valence-electron chi connectivity index (χ4n) is 2.78. The third-order valence-corrected chi connectivity index (χ3v) is 3.84. The number of hydrogen-bond acceptors (Lipinski definition) is 3. The van der Waals surface area contributed by atoms with Crippen molar-refractivity contribution in [1.82, 2.24) is 10.2 Å². The number of aliphatic hydroxyl groups is 1. The van der Waals surface area contributed by atoms with Crippen LogP contribution in [-0.2, 0) is 0 Å². The lowest BCUT2D eigenvalue weighted by Crippen LogP contribution is -2.47. The highest BCUT2D eigenvalue weighted by Crippen LogP contribution is 2.22. The van der Waals surface area contributed by atoms with E-state index in [1.807, 2.05) is 0 Å². The predicted octanol–water partition coefficient (Wildman–Crippen LogP) is 2.25. The SMILES string of the molecule is CC(CNC(C)(C)C)CN(C)C1CCCCC1O. The maximum Gasteiger partial charge on any atom is 0.0695 e. The Kier molecular flexibility index (Phi) is 6.09. The molecule has 1 rings (SSSR count). The summed E-state index contributed by atoms with van der Waals surface area (Å²) in [5, 5.41) is 13.6. The zero-order valence-electron chi connectivity index (χ0n) is 12.9. The number of rotatable bonds is 5. The summed E-state index contributed by atoms with van der Waals surface area (Å²) in [7, 11) is 2.16. The van der Waals surface area contributed by atoms with Gasteiger partial charge in [0.1, 0.15) is 0 Å². The van der Waals surface area contributed by atoms with Gasteiger partial charge in [0.2, 0.25) is 0 Å². The van der Waals surface area contributed by atoms with Crippen molar-refractivity contribution < 1.29 is 5.11 Å². The lowest BCUT2D eigenvalue weighted by molar-refractivity contribution is 0.0264. The minimum Gasteiger partial charge on any atom is -0.391 e. The summed E-state index contributed by atoms with van der Waals surface area (Å²) >= 11 is 0. The van der Waals surface area contributed by atoms with Crippen molar-refractivity contribution in [2.24, 2.45) is 5.92 Å². The molecular formula is C15H32N2O. The highest BCUT2D eigenvalue weighted by Gasteiger charge is 2.27. The van der Waals surface area contributed by atoms with Crippen LogP contribution in [0.5, 0.6) is 0 Å². The van der Waals surface area contributed by atoms with Crippen molar-refractivity contribution in [3.63, 3.8) is 0 Å². The molecule has 1 fully saturated rings. The predicted molar refractivity (Wildman–Crippen MR) is 77.8 cm³/mol. The van der Waals surface area contributed by atoms with Crippen LogP contribution in [0.25, 0.3) is 0 Å². The van der Waals surface area contributed by atoms with Crippen LogP contribution in [0.2, 0.25) is 0 Å². The molecule has 0 spiro atoms. The maximum atomic E-state index is 10.1. The summed E-state index contributed by atoms with van der Waals surface area (Å²) in [5.74, 6) is 0.614. The quantitative estimate of drug-likeness (QED) is 0.792. The Morgan fingerprint density at radius 2 is 1.89 bits per heavy atom. The smallest absolute Gasteiger partial charge is 0.0695 e. The molecular weight excluding hydrogens is 224 g/mol. The van der Waals surface area contributed by atoms with Gasteiger partial charge in [-0.05, 0) is 53.1 Å². The van der Waals surface area contributed by atoms with E-state index >= 15 is 0 Å². The molecule has 108 valence electrons. The third kappa shape index (κ3) is 5.68. The molecule has 3 atom stereocenters. The number of nitrogens with one attached hydrogen (secondary N) is 1. The average Bonchev–Trinajstić information content (AvgIpc) is 2.26. The second kappa shape index (κ2) is 6.88. The molecule has 1 aliphatic rings. The number of hydrogen-bond donors (Lipinski definition) is 2. The van der Waals surface area contributed by atoms with Gasteiger partial charge >= 0.3 is 0 Å². The molecule has 1 aliphatic carbocycles. The number of likely N-dealkylation sites (N-methyl/N-ethyl adjacent to an activating group) is 1. The first-order valence-corrected chi connectivity index (χ1v) is 7.43. The van der Waals surface area contributed by atoms with Gasteiger partial charge in [0, 0.05) is 18.1 Å². The van der Waals surface area contributed by atoms with E-state index in [0.717, 1.165) is 25.9 Å². The van der Waals surface area contributed by atoms with Crippen LogP contribution in [0.1, 0.15) is 53.4 Å². The minimum absolute atomic E-state index is 0.119. The van der Waals surface area contributed by atoms with E-state index in [1.165, 1.54) is 12.8 Å². The zero-order valence-corrected chi connectivity index (χ0v) is 12.9. The summed E-state index contributed by atoms with van der Waals surface area (Å²) in [6.45, 7) is 11.0. The Morgan fingerprint density at radius 1 is 1.28 bits per heavy atom. The summed E-state index contributed by atoms with van der Waals surface area (Å²) < 4.78 is 0. The van der Waals surface area contributed by atoms with E-state index in [9.17, 15) is 5.11 Å². The molecule has 0 heterocycles. The molecule has 18 heavy (non-hydrogen) atoms. The van der Waals surface area contributed by atoms with Gasteiger partial charge in [-0.25, -0.2) is 0 Å². The Hall–Kier alpha value is -0.120. The molecule has 0 aliphatic heterocycles. The Bertz CT molecular complexity index is 237. The van der Waals surface area contributed by atoms with E-state index in [2.05, 4.69) is 45.0 Å². The molecule has 0 aromatic rings. The van der Waals surface area contributed by atoms with Crippen molar-refractivity contribution in [3.8, 4) is 0 Å². The fourth-order valence-corrected chi connectivity index (χ4v) is 2.78. The Morgan fingerprint density at radius 3 is 2.44 bits per heavy atom. The van der Waals surface area contributed by atoms with Crippen LogP contribution in [0.3, 0.4) is 0 Å². The monoisotopic (exact) mass is 256 g/mol. The van der Waals surface area contributed by atoms with Crippen molar-refractivity contribution in [1.29, 1.82) is 0 Å². The van der Waals surface area contributed by atoms with Gasteiger partial charge in [-0.3, -0.25) is 0 Å². The van der Waals surface area contributed by atoms with Crippen LogP contribution in [0, 0.1) is 5.92 Å². The van der Waals surface area contributed by atoms with E-state index in [0.29, 0.717) is 12.0 Å².